The molecule has 0 amide bonds. The zero-order chi connectivity index (χ0) is 18.3. The zero-order valence-electron chi connectivity index (χ0n) is 14.7. The number of nitrogens with zero attached hydrogens (tertiary/aromatic N) is 1. The third-order valence-corrected chi connectivity index (χ3v) is 7.40. The Morgan fingerprint density at radius 1 is 1.19 bits per heavy atom. The monoisotopic (exact) mass is 388 g/mol. The Kier molecular flexibility index (Phi) is 4.46. The number of sulfonamides is 1. The highest BCUT2D eigenvalue weighted by molar-refractivity contribution is 7.89. The van der Waals surface area contributed by atoms with Crippen molar-refractivity contribution in [2.45, 2.75) is 44.0 Å². The van der Waals surface area contributed by atoms with E-state index in [9.17, 15) is 8.42 Å². The summed E-state index contributed by atoms with van der Waals surface area (Å²) in [6, 6.07) is 9.76. The van der Waals surface area contributed by atoms with Crippen LogP contribution in [0.15, 0.2) is 45.1 Å². The summed E-state index contributed by atoms with van der Waals surface area (Å²) in [6.45, 7) is 3.25. The average molecular weight is 389 g/mol. The van der Waals surface area contributed by atoms with Gasteiger partial charge in [-0.3, -0.25) is 0 Å². The van der Waals surface area contributed by atoms with E-state index in [0.717, 1.165) is 29.7 Å². The van der Waals surface area contributed by atoms with Crippen molar-refractivity contribution in [3.63, 3.8) is 0 Å². The number of hydrogen-bond donors (Lipinski definition) is 1. The number of thiophene rings is 1. The fraction of sp³-hybridized carbons (Fsp3) is 0.316. The van der Waals surface area contributed by atoms with Crippen LogP contribution in [0.1, 0.15) is 45.5 Å². The van der Waals surface area contributed by atoms with E-state index in [0.29, 0.717) is 11.5 Å². The minimum atomic E-state index is -3.77. The van der Waals surface area contributed by atoms with Gasteiger partial charge >= 0.3 is 0 Å². The lowest BCUT2D eigenvalue weighted by Crippen LogP contribution is -2.29. The third kappa shape index (κ3) is 3.11. The largest absolute Gasteiger partial charge is 0.360 e. The first-order chi connectivity index (χ1) is 12.5. The molecule has 5 nitrogen and oxygen atoms in total. The van der Waals surface area contributed by atoms with Crippen molar-refractivity contribution in [2.24, 2.45) is 0 Å². The van der Waals surface area contributed by atoms with Gasteiger partial charge in [-0.1, -0.05) is 29.4 Å². The van der Waals surface area contributed by atoms with Gasteiger partial charge in [0.25, 0.3) is 0 Å². The first-order valence-electron chi connectivity index (χ1n) is 8.56. The van der Waals surface area contributed by atoms with Crippen LogP contribution < -0.4 is 4.72 Å². The second-order valence-corrected chi connectivity index (χ2v) is 9.23. The maximum Gasteiger partial charge on any atom is 0.246 e. The smallest absolute Gasteiger partial charge is 0.246 e. The van der Waals surface area contributed by atoms with E-state index in [1.165, 1.54) is 22.5 Å². The van der Waals surface area contributed by atoms with Gasteiger partial charge in [-0.25, -0.2) is 8.42 Å². The van der Waals surface area contributed by atoms with E-state index in [4.69, 9.17) is 4.52 Å². The Labute approximate surface area is 157 Å². The molecule has 0 bridgehead atoms. The lowest BCUT2D eigenvalue weighted by molar-refractivity contribution is 0.390. The molecule has 1 aliphatic rings. The van der Waals surface area contributed by atoms with Crippen LogP contribution >= 0.6 is 11.3 Å². The molecule has 1 unspecified atom stereocenters. The highest BCUT2D eigenvalue weighted by atomic mass is 32.2. The minimum Gasteiger partial charge on any atom is -0.360 e. The van der Waals surface area contributed by atoms with Gasteiger partial charge < -0.3 is 4.52 Å². The topological polar surface area (TPSA) is 72.2 Å². The number of rotatable bonds is 5. The highest BCUT2D eigenvalue weighted by Gasteiger charge is 2.29. The van der Waals surface area contributed by atoms with Crippen molar-refractivity contribution in [3.05, 3.63) is 68.7 Å². The number of aryl methyl sites for hydroxylation is 4. The van der Waals surface area contributed by atoms with Crippen LogP contribution in [0.3, 0.4) is 0 Å². The maximum atomic E-state index is 13.0. The van der Waals surface area contributed by atoms with Gasteiger partial charge in [-0.15, -0.1) is 11.3 Å². The summed E-state index contributed by atoms with van der Waals surface area (Å²) < 4.78 is 34.0. The number of hydrogen-bond acceptors (Lipinski definition) is 5. The van der Waals surface area contributed by atoms with E-state index in [2.05, 4.69) is 22.0 Å². The molecule has 26 heavy (non-hydrogen) atoms. The predicted molar refractivity (Wildman–Crippen MR) is 101 cm³/mol. The first-order valence-corrected chi connectivity index (χ1v) is 10.9. The molecule has 4 rings (SSSR count). The summed E-state index contributed by atoms with van der Waals surface area (Å²) in [5.41, 5.74) is 4.02. The molecule has 3 aromatic rings. The molecule has 1 aliphatic carbocycles. The van der Waals surface area contributed by atoms with Crippen molar-refractivity contribution in [3.8, 4) is 0 Å². The van der Waals surface area contributed by atoms with E-state index < -0.39 is 16.1 Å². The molecule has 0 saturated heterocycles. The van der Waals surface area contributed by atoms with E-state index >= 15 is 0 Å². The molecule has 0 aliphatic heterocycles. The number of benzene rings is 1. The zero-order valence-corrected chi connectivity index (χ0v) is 16.3. The number of nitrogens with one attached hydrogen (secondary N) is 1. The average Bonchev–Trinajstić information content (AvgIpc) is 3.33. The summed E-state index contributed by atoms with van der Waals surface area (Å²) in [7, 11) is -3.77. The van der Waals surface area contributed by atoms with Crippen LogP contribution in [0.5, 0.6) is 0 Å². The second-order valence-electron chi connectivity index (χ2n) is 6.60. The Bertz CT molecular complexity index is 1020. The molecule has 1 atom stereocenters. The van der Waals surface area contributed by atoms with Crippen LogP contribution in [0.25, 0.3) is 0 Å². The fourth-order valence-electron chi connectivity index (χ4n) is 3.59. The molecule has 2 aromatic heterocycles. The molecule has 1 aromatic carbocycles. The molecular weight excluding hydrogens is 368 g/mol. The lowest BCUT2D eigenvalue weighted by atomic mass is 10.0. The van der Waals surface area contributed by atoms with Gasteiger partial charge in [0.05, 0.1) is 6.04 Å². The molecule has 0 fully saturated rings. The Hall–Kier alpha value is -1.96. The van der Waals surface area contributed by atoms with Gasteiger partial charge in [0.1, 0.15) is 10.6 Å². The molecule has 0 spiro atoms. The number of aromatic nitrogens is 1. The summed E-state index contributed by atoms with van der Waals surface area (Å²) >= 11 is 1.54. The summed E-state index contributed by atoms with van der Waals surface area (Å²) in [6.07, 6.45) is 3.31. The quantitative estimate of drug-likeness (QED) is 0.719. The fourth-order valence-corrected chi connectivity index (χ4v) is 6.00. The van der Waals surface area contributed by atoms with Crippen molar-refractivity contribution >= 4 is 21.4 Å². The maximum absolute atomic E-state index is 13.0. The standard InChI is InChI=1S/C19H20N2O3S2/c1-12-19(13(2)24-20-12)26(22,23)21-18(17-7-4-10-25-17)16-9-8-14-5-3-6-15(14)11-16/h4,7-11,18,21H,3,5-6H2,1-2H3. The van der Waals surface area contributed by atoms with Crippen LogP contribution in [0.4, 0.5) is 0 Å². The van der Waals surface area contributed by atoms with Crippen molar-refractivity contribution in [1.29, 1.82) is 0 Å². The lowest BCUT2D eigenvalue weighted by Gasteiger charge is -2.19. The molecule has 136 valence electrons. The van der Waals surface area contributed by atoms with Crippen molar-refractivity contribution in [2.75, 3.05) is 0 Å². The van der Waals surface area contributed by atoms with Gasteiger partial charge in [0, 0.05) is 4.88 Å². The van der Waals surface area contributed by atoms with Crippen LogP contribution in [-0.4, -0.2) is 13.6 Å². The minimum absolute atomic E-state index is 0.125. The molecule has 2 heterocycles. The van der Waals surface area contributed by atoms with Gasteiger partial charge in [-0.2, -0.15) is 4.72 Å². The molecule has 0 saturated carbocycles. The third-order valence-electron chi connectivity index (χ3n) is 4.79. The first kappa shape index (κ1) is 17.5. The van der Waals surface area contributed by atoms with E-state index in [1.54, 1.807) is 13.8 Å². The van der Waals surface area contributed by atoms with Gasteiger partial charge in [-0.05, 0) is 61.2 Å². The van der Waals surface area contributed by atoms with Crippen molar-refractivity contribution < 1.29 is 12.9 Å². The molecule has 0 radical (unpaired) electrons. The molecule has 7 heteroatoms. The SMILES string of the molecule is Cc1noc(C)c1S(=O)(=O)NC(c1ccc2c(c1)CCC2)c1cccs1. The van der Waals surface area contributed by atoms with Gasteiger partial charge in [0.15, 0.2) is 5.76 Å². The normalized spacial score (nSPS) is 15.2. The van der Waals surface area contributed by atoms with E-state index in [-0.39, 0.29) is 4.90 Å². The molecule has 1 N–H and O–H groups in total. The Morgan fingerprint density at radius 3 is 2.69 bits per heavy atom. The van der Waals surface area contributed by atoms with Crippen LogP contribution in [0, 0.1) is 13.8 Å². The highest BCUT2D eigenvalue weighted by Crippen LogP contribution is 2.32. The van der Waals surface area contributed by atoms with Gasteiger partial charge in [0.2, 0.25) is 10.0 Å². The van der Waals surface area contributed by atoms with E-state index in [1.807, 2.05) is 23.6 Å². The number of fused-ring (bicyclic) bond motifs is 1. The van der Waals surface area contributed by atoms with Crippen LogP contribution in [0.2, 0.25) is 0 Å². The summed E-state index contributed by atoms with van der Waals surface area (Å²) in [5, 5.41) is 5.74. The van der Waals surface area contributed by atoms with Crippen molar-refractivity contribution in [1.82, 2.24) is 9.88 Å². The Balaban J connectivity index is 1.76. The molecular formula is C19H20N2O3S2. The summed E-state index contributed by atoms with van der Waals surface area (Å²) in [4.78, 5) is 1.08. The predicted octanol–water partition coefficient (Wildman–Crippen LogP) is 3.91. The summed E-state index contributed by atoms with van der Waals surface area (Å²) in [5.74, 6) is 0.300. The Morgan fingerprint density at radius 2 is 2.00 bits per heavy atom. The van der Waals surface area contributed by atoms with Crippen LogP contribution in [-0.2, 0) is 22.9 Å². The second kappa shape index (κ2) is 6.64.